The summed E-state index contributed by atoms with van der Waals surface area (Å²) in [5.74, 6) is 0.131. The summed E-state index contributed by atoms with van der Waals surface area (Å²) in [5.41, 5.74) is 1.10. The molecule has 0 aliphatic rings. The van der Waals surface area contributed by atoms with Gasteiger partial charge in [0.2, 0.25) is 5.78 Å². The molecule has 0 amide bonds. The standard InChI is InChI=1S/C11H8Cl3NO2/c1-17-6-2-3-7-8(5-15-9(7)4-6)10(16)11(12,13)14/h2-5,15H,1H3. The van der Waals surface area contributed by atoms with Gasteiger partial charge in [-0.2, -0.15) is 0 Å². The van der Waals surface area contributed by atoms with Crippen LogP contribution < -0.4 is 4.74 Å². The van der Waals surface area contributed by atoms with Crippen LogP contribution in [0.2, 0.25) is 0 Å². The van der Waals surface area contributed by atoms with Crippen LogP contribution in [0.4, 0.5) is 0 Å². The van der Waals surface area contributed by atoms with Gasteiger partial charge in [0.05, 0.1) is 7.11 Å². The van der Waals surface area contributed by atoms with E-state index in [4.69, 9.17) is 39.5 Å². The van der Waals surface area contributed by atoms with Gasteiger partial charge in [-0.05, 0) is 12.1 Å². The first-order valence-electron chi connectivity index (χ1n) is 4.70. The smallest absolute Gasteiger partial charge is 0.253 e. The normalized spacial score (nSPS) is 11.8. The Kier molecular flexibility index (Phi) is 3.25. The summed E-state index contributed by atoms with van der Waals surface area (Å²) < 4.78 is 3.13. The van der Waals surface area contributed by atoms with Crippen LogP contribution in [0.5, 0.6) is 5.75 Å². The first-order chi connectivity index (χ1) is 7.93. The van der Waals surface area contributed by atoms with Gasteiger partial charge in [-0.1, -0.05) is 34.8 Å². The molecule has 0 saturated carbocycles. The number of ether oxygens (including phenoxy) is 1. The van der Waals surface area contributed by atoms with E-state index in [1.165, 1.54) is 6.20 Å². The fourth-order valence-corrected chi connectivity index (χ4v) is 1.88. The predicted molar refractivity (Wildman–Crippen MR) is 69.5 cm³/mol. The summed E-state index contributed by atoms with van der Waals surface area (Å²) in [4.78, 5) is 14.8. The lowest BCUT2D eigenvalue weighted by Gasteiger charge is -2.08. The van der Waals surface area contributed by atoms with Crippen LogP contribution in [0.3, 0.4) is 0 Å². The Bertz CT molecular complexity index is 572. The average molecular weight is 293 g/mol. The molecule has 0 radical (unpaired) electrons. The number of methoxy groups -OCH3 is 1. The molecule has 0 atom stereocenters. The Hall–Kier alpha value is -0.900. The molecule has 1 heterocycles. The maximum atomic E-state index is 11.8. The predicted octanol–water partition coefficient (Wildman–Crippen LogP) is 3.73. The van der Waals surface area contributed by atoms with Gasteiger partial charge >= 0.3 is 0 Å². The Labute approximate surface area is 113 Å². The van der Waals surface area contributed by atoms with Gasteiger partial charge in [-0.25, -0.2) is 0 Å². The highest BCUT2D eigenvalue weighted by Gasteiger charge is 2.33. The number of aromatic amines is 1. The molecule has 6 heteroatoms. The van der Waals surface area contributed by atoms with E-state index in [9.17, 15) is 4.79 Å². The second-order valence-electron chi connectivity index (χ2n) is 3.44. The maximum absolute atomic E-state index is 11.8. The number of nitrogens with one attached hydrogen (secondary N) is 1. The number of Topliss-reactive ketones (excluding diaryl/α,β-unsaturated/α-hetero) is 1. The van der Waals surface area contributed by atoms with Crippen molar-refractivity contribution in [2.24, 2.45) is 0 Å². The summed E-state index contributed by atoms with van der Waals surface area (Å²) >= 11 is 16.7. The van der Waals surface area contributed by atoms with Crippen molar-refractivity contribution in [1.29, 1.82) is 0 Å². The third-order valence-corrected chi connectivity index (χ3v) is 2.91. The minimum absolute atomic E-state index is 0.350. The average Bonchev–Trinajstić information content (AvgIpc) is 2.69. The van der Waals surface area contributed by atoms with Gasteiger partial charge in [0.1, 0.15) is 5.75 Å². The van der Waals surface area contributed by atoms with Crippen molar-refractivity contribution in [2.45, 2.75) is 3.79 Å². The molecule has 0 aliphatic heterocycles. The zero-order valence-electron chi connectivity index (χ0n) is 8.76. The Morgan fingerprint density at radius 3 is 2.65 bits per heavy atom. The maximum Gasteiger partial charge on any atom is 0.253 e. The first kappa shape index (κ1) is 12.6. The highest BCUT2D eigenvalue weighted by atomic mass is 35.6. The van der Waals surface area contributed by atoms with Gasteiger partial charge in [0.25, 0.3) is 3.79 Å². The molecule has 90 valence electrons. The van der Waals surface area contributed by atoms with E-state index >= 15 is 0 Å². The molecular weight excluding hydrogens is 284 g/mol. The molecule has 0 saturated heterocycles. The van der Waals surface area contributed by atoms with Gasteiger partial charge < -0.3 is 9.72 Å². The van der Waals surface area contributed by atoms with Crippen LogP contribution in [0.1, 0.15) is 10.4 Å². The number of hydrogen-bond acceptors (Lipinski definition) is 2. The van der Waals surface area contributed by atoms with E-state index in [1.54, 1.807) is 25.3 Å². The summed E-state index contributed by atoms with van der Waals surface area (Å²) in [5, 5.41) is 0.696. The van der Waals surface area contributed by atoms with E-state index in [0.29, 0.717) is 16.7 Å². The first-order valence-corrected chi connectivity index (χ1v) is 5.83. The third kappa shape index (κ3) is 2.37. The zero-order valence-corrected chi connectivity index (χ0v) is 11.0. The molecule has 3 nitrogen and oxygen atoms in total. The SMILES string of the molecule is COc1ccc2c(C(=O)C(Cl)(Cl)Cl)c[nH]c2c1. The van der Waals surface area contributed by atoms with Crippen LogP contribution in [0, 0.1) is 0 Å². The molecular formula is C11H8Cl3NO2. The zero-order chi connectivity index (χ0) is 12.6. The van der Waals surface area contributed by atoms with Gasteiger partial charge in [-0.3, -0.25) is 4.79 Å². The van der Waals surface area contributed by atoms with E-state index in [-0.39, 0.29) is 0 Å². The van der Waals surface area contributed by atoms with Crippen LogP contribution in [-0.2, 0) is 0 Å². The van der Waals surface area contributed by atoms with E-state index in [1.807, 2.05) is 0 Å². The molecule has 17 heavy (non-hydrogen) atoms. The van der Waals surface area contributed by atoms with E-state index in [2.05, 4.69) is 4.98 Å². The number of aromatic nitrogens is 1. The lowest BCUT2D eigenvalue weighted by atomic mass is 10.1. The fourth-order valence-electron chi connectivity index (χ4n) is 1.57. The van der Waals surface area contributed by atoms with Gasteiger partial charge in [-0.15, -0.1) is 0 Å². The number of H-pyrrole nitrogens is 1. The van der Waals surface area contributed by atoms with Crippen molar-refractivity contribution in [3.05, 3.63) is 30.0 Å². The summed E-state index contributed by atoms with van der Waals surface area (Å²) in [6, 6.07) is 5.25. The topological polar surface area (TPSA) is 42.1 Å². The van der Waals surface area contributed by atoms with Crippen molar-refractivity contribution in [3.63, 3.8) is 0 Å². The van der Waals surface area contributed by atoms with Crippen LogP contribution in [0.25, 0.3) is 10.9 Å². The lowest BCUT2D eigenvalue weighted by molar-refractivity contribution is 0.0998. The van der Waals surface area contributed by atoms with E-state index in [0.717, 1.165) is 5.52 Å². The van der Waals surface area contributed by atoms with Gasteiger partial charge in [0.15, 0.2) is 0 Å². The summed E-state index contributed by atoms with van der Waals surface area (Å²) in [6.07, 6.45) is 1.52. The molecule has 1 aromatic carbocycles. The minimum atomic E-state index is -1.95. The third-order valence-electron chi connectivity index (χ3n) is 2.39. The monoisotopic (exact) mass is 291 g/mol. The Morgan fingerprint density at radius 2 is 2.06 bits per heavy atom. The fraction of sp³-hybridized carbons (Fsp3) is 0.182. The molecule has 1 aromatic heterocycles. The molecule has 2 aromatic rings. The minimum Gasteiger partial charge on any atom is -0.497 e. The number of fused-ring (bicyclic) bond motifs is 1. The molecule has 0 aliphatic carbocycles. The number of benzene rings is 1. The highest BCUT2D eigenvalue weighted by Crippen LogP contribution is 2.33. The molecule has 2 rings (SSSR count). The number of halogens is 3. The molecule has 0 spiro atoms. The van der Waals surface area contributed by atoms with Crippen molar-refractivity contribution in [2.75, 3.05) is 7.11 Å². The number of alkyl halides is 3. The molecule has 0 fully saturated rings. The second-order valence-corrected chi connectivity index (χ2v) is 5.72. The number of hydrogen-bond donors (Lipinski definition) is 1. The number of carbonyl (C=O) groups excluding carboxylic acids is 1. The Morgan fingerprint density at radius 1 is 1.35 bits per heavy atom. The van der Waals surface area contributed by atoms with Crippen molar-refractivity contribution >= 4 is 51.5 Å². The second kappa shape index (κ2) is 4.41. The number of rotatable bonds is 2. The van der Waals surface area contributed by atoms with Gasteiger partial charge in [0, 0.05) is 28.7 Å². The largest absolute Gasteiger partial charge is 0.497 e. The van der Waals surface area contributed by atoms with Crippen LogP contribution in [0.15, 0.2) is 24.4 Å². The number of carbonyl (C=O) groups is 1. The van der Waals surface area contributed by atoms with Crippen molar-refractivity contribution < 1.29 is 9.53 Å². The van der Waals surface area contributed by atoms with Crippen LogP contribution >= 0.6 is 34.8 Å². The molecule has 0 unspecified atom stereocenters. The summed E-state index contributed by atoms with van der Waals surface area (Å²) in [6.45, 7) is 0. The number of ketones is 1. The molecule has 1 N–H and O–H groups in total. The highest BCUT2D eigenvalue weighted by molar-refractivity contribution is 6.77. The quantitative estimate of drug-likeness (QED) is 0.677. The lowest BCUT2D eigenvalue weighted by Crippen LogP contribution is -2.18. The van der Waals surface area contributed by atoms with Crippen molar-refractivity contribution in [1.82, 2.24) is 4.98 Å². The van der Waals surface area contributed by atoms with Crippen molar-refractivity contribution in [3.8, 4) is 5.75 Å². The Balaban J connectivity index is 2.54. The molecule has 0 bridgehead atoms. The summed E-state index contributed by atoms with van der Waals surface area (Å²) in [7, 11) is 1.57. The van der Waals surface area contributed by atoms with Crippen LogP contribution in [-0.4, -0.2) is 21.7 Å². The van der Waals surface area contributed by atoms with E-state index < -0.39 is 9.58 Å².